The van der Waals surface area contributed by atoms with Crippen molar-refractivity contribution in [3.05, 3.63) is 12.2 Å². The van der Waals surface area contributed by atoms with Crippen molar-refractivity contribution in [2.75, 3.05) is 6.61 Å². The van der Waals surface area contributed by atoms with Crippen LogP contribution in [0.25, 0.3) is 0 Å². The number of aliphatic hydroxyl groups excluding tert-OH is 4. The zero-order valence-corrected chi connectivity index (χ0v) is 44.7. The van der Waals surface area contributed by atoms with Gasteiger partial charge in [0.2, 0.25) is 5.91 Å². The minimum Gasteiger partial charge on any atom is -0.394 e. The molecule has 5 N–H and O–H groups in total. The van der Waals surface area contributed by atoms with Gasteiger partial charge in [0.15, 0.2) is 0 Å². The number of amides is 1. The molecule has 6 nitrogen and oxygen atoms in total. The third kappa shape index (κ3) is 48.1. The Kier molecular flexibility index (Phi) is 54.2. The van der Waals surface area contributed by atoms with Crippen molar-refractivity contribution in [2.24, 2.45) is 0 Å². The molecule has 0 aromatic rings. The van der Waals surface area contributed by atoms with Crippen molar-refractivity contribution in [3.63, 3.8) is 0 Å². The van der Waals surface area contributed by atoms with Crippen LogP contribution in [-0.2, 0) is 4.79 Å². The Morgan fingerprint density at radius 3 is 0.879 bits per heavy atom. The molecule has 0 rings (SSSR count). The maximum Gasteiger partial charge on any atom is 0.249 e. The summed E-state index contributed by atoms with van der Waals surface area (Å²) in [6, 6.07) is -0.986. The van der Waals surface area contributed by atoms with Crippen LogP contribution in [0.5, 0.6) is 0 Å². The van der Waals surface area contributed by atoms with Crippen LogP contribution >= 0.6 is 0 Å². The third-order valence-corrected chi connectivity index (χ3v) is 14.5. The number of hydrogen-bond donors (Lipinski definition) is 5. The summed E-state index contributed by atoms with van der Waals surface area (Å²) < 4.78 is 0. The summed E-state index contributed by atoms with van der Waals surface area (Å²) in [6.07, 6.45) is 65.8. The lowest BCUT2D eigenvalue weighted by molar-refractivity contribution is -0.132. The minimum atomic E-state index is -1.26. The fraction of sp³-hybridized carbons (Fsp3) is 0.950. The van der Waals surface area contributed by atoms with Crippen molar-refractivity contribution in [2.45, 2.75) is 359 Å². The predicted octanol–water partition coefficient (Wildman–Crippen LogP) is 17.6. The van der Waals surface area contributed by atoms with Gasteiger partial charge in [-0.15, -0.1) is 0 Å². The van der Waals surface area contributed by atoms with Crippen LogP contribution in [0.2, 0.25) is 0 Å². The Labute approximate surface area is 412 Å². The first kappa shape index (κ1) is 65.0. The smallest absolute Gasteiger partial charge is 0.249 e. The molecule has 0 aromatic carbocycles. The lowest BCUT2D eigenvalue weighted by atomic mass is 9.99. The second-order valence-electron chi connectivity index (χ2n) is 21.1. The van der Waals surface area contributed by atoms with Gasteiger partial charge in [-0.2, -0.15) is 0 Å². The lowest BCUT2D eigenvalue weighted by Crippen LogP contribution is -2.53. The molecule has 0 heterocycles. The Morgan fingerprint density at radius 2 is 0.606 bits per heavy atom. The van der Waals surface area contributed by atoms with Gasteiger partial charge < -0.3 is 25.7 Å². The lowest BCUT2D eigenvalue weighted by Gasteiger charge is -2.27. The van der Waals surface area contributed by atoms with E-state index in [0.29, 0.717) is 12.8 Å². The van der Waals surface area contributed by atoms with Crippen LogP contribution in [0.15, 0.2) is 12.2 Å². The molecule has 4 atom stereocenters. The van der Waals surface area contributed by atoms with E-state index in [-0.39, 0.29) is 0 Å². The quantitative estimate of drug-likeness (QED) is 0.0308. The van der Waals surface area contributed by atoms with Crippen LogP contribution in [0.3, 0.4) is 0 Å². The highest BCUT2D eigenvalue weighted by atomic mass is 16.3. The number of hydrogen-bond acceptors (Lipinski definition) is 5. The summed E-state index contributed by atoms with van der Waals surface area (Å²) in [5.74, 6) is -0.581. The predicted molar refractivity (Wildman–Crippen MR) is 288 cm³/mol. The van der Waals surface area contributed by atoms with E-state index in [0.717, 1.165) is 38.5 Å². The molecule has 0 aliphatic rings. The van der Waals surface area contributed by atoms with Gasteiger partial charge in [0.05, 0.1) is 18.8 Å². The zero-order valence-electron chi connectivity index (χ0n) is 44.7. The molecule has 66 heavy (non-hydrogen) atoms. The minimum absolute atomic E-state index is 0.367. The van der Waals surface area contributed by atoms with E-state index < -0.39 is 36.9 Å². The standard InChI is InChI=1S/C60H119NO5/c1-3-5-7-9-11-13-15-17-19-21-23-25-27-28-29-30-32-33-35-37-39-41-43-45-47-49-51-53-57(63)59(65)56(55-62)61-60(66)58(64)54-52-50-48-46-44-42-40-38-36-34-31-26-24-22-20-18-16-14-12-10-8-6-4-2/h34,36,56-59,62-65H,3-33,35,37-55H2,1-2H3,(H,61,66)/b36-34-. The number of unbranched alkanes of at least 4 members (excludes halogenated alkanes) is 45. The van der Waals surface area contributed by atoms with Crippen LogP contribution in [0.4, 0.5) is 0 Å². The fourth-order valence-corrected chi connectivity index (χ4v) is 9.76. The van der Waals surface area contributed by atoms with Gasteiger partial charge in [0, 0.05) is 0 Å². The van der Waals surface area contributed by atoms with Gasteiger partial charge in [0.25, 0.3) is 0 Å². The van der Waals surface area contributed by atoms with E-state index in [1.54, 1.807) is 0 Å². The second kappa shape index (κ2) is 55.0. The van der Waals surface area contributed by atoms with E-state index in [1.807, 2.05) is 0 Å². The second-order valence-corrected chi connectivity index (χ2v) is 21.1. The highest BCUT2D eigenvalue weighted by Gasteiger charge is 2.28. The largest absolute Gasteiger partial charge is 0.394 e. The van der Waals surface area contributed by atoms with Crippen LogP contribution in [0.1, 0.15) is 335 Å². The van der Waals surface area contributed by atoms with Crippen LogP contribution < -0.4 is 5.32 Å². The van der Waals surface area contributed by atoms with E-state index in [1.165, 1.54) is 270 Å². The normalized spacial score (nSPS) is 13.7. The first-order valence-corrected chi connectivity index (χ1v) is 30.1. The van der Waals surface area contributed by atoms with Crippen molar-refractivity contribution >= 4 is 5.91 Å². The first-order chi connectivity index (χ1) is 32.5. The maximum absolute atomic E-state index is 12.6. The van der Waals surface area contributed by atoms with E-state index in [2.05, 4.69) is 31.3 Å². The monoisotopic (exact) mass is 934 g/mol. The number of carbonyl (C=O) groups excluding carboxylic acids is 1. The molecule has 0 aliphatic carbocycles. The molecule has 4 unspecified atom stereocenters. The Balaban J connectivity index is 3.59. The first-order valence-electron chi connectivity index (χ1n) is 30.1. The topological polar surface area (TPSA) is 110 Å². The highest BCUT2D eigenvalue weighted by molar-refractivity contribution is 5.80. The molecule has 394 valence electrons. The number of rotatable bonds is 56. The Hall–Kier alpha value is -0.950. The molecule has 0 bridgehead atoms. The molecule has 0 aromatic heterocycles. The molecule has 0 aliphatic heterocycles. The van der Waals surface area contributed by atoms with Crippen LogP contribution in [-0.4, -0.2) is 57.3 Å². The van der Waals surface area contributed by atoms with Crippen molar-refractivity contribution in [1.82, 2.24) is 5.32 Å². The van der Waals surface area contributed by atoms with Gasteiger partial charge in [-0.05, 0) is 38.5 Å². The average molecular weight is 935 g/mol. The Morgan fingerprint density at radius 1 is 0.364 bits per heavy atom. The van der Waals surface area contributed by atoms with E-state index >= 15 is 0 Å². The highest BCUT2D eigenvalue weighted by Crippen LogP contribution is 2.19. The third-order valence-electron chi connectivity index (χ3n) is 14.5. The van der Waals surface area contributed by atoms with Gasteiger partial charge >= 0.3 is 0 Å². The van der Waals surface area contributed by atoms with E-state index in [4.69, 9.17) is 0 Å². The molecule has 0 spiro atoms. The average Bonchev–Trinajstić information content (AvgIpc) is 3.32. The number of aliphatic hydroxyl groups is 4. The molecule has 0 saturated heterocycles. The molecule has 1 amide bonds. The van der Waals surface area contributed by atoms with E-state index in [9.17, 15) is 25.2 Å². The van der Waals surface area contributed by atoms with Gasteiger partial charge in [-0.3, -0.25) is 4.79 Å². The number of carbonyl (C=O) groups is 1. The molecule has 0 radical (unpaired) electrons. The SMILES string of the molecule is CCCCCCCCCCCCCC/C=C\CCCCCCCCCC(O)C(=O)NC(CO)C(O)C(O)CCCCCCCCCCCCCCCCCCCCCCCCCCCCC. The number of allylic oxidation sites excluding steroid dienone is 2. The molecule has 6 heteroatoms. The summed E-state index contributed by atoms with van der Waals surface area (Å²) in [4.78, 5) is 12.6. The Bertz CT molecular complexity index is 959. The van der Waals surface area contributed by atoms with Gasteiger partial charge in [0.1, 0.15) is 12.2 Å². The summed E-state index contributed by atoms with van der Waals surface area (Å²) >= 11 is 0. The molecule has 0 saturated carbocycles. The number of nitrogens with one attached hydrogen (secondary N) is 1. The van der Waals surface area contributed by atoms with Gasteiger partial charge in [-0.1, -0.05) is 309 Å². The van der Waals surface area contributed by atoms with Crippen LogP contribution in [0, 0.1) is 0 Å². The van der Waals surface area contributed by atoms with Crippen molar-refractivity contribution in [3.8, 4) is 0 Å². The molecular formula is C60H119NO5. The summed E-state index contributed by atoms with van der Waals surface area (Å²) in [6.45, 7) is 4.10. The summed E-state index contributed by atoms with van der Waals surface area (Å²) in [7, 11) is 0. The summed E-state index contributed by atoms with van der Waals surface area (Å²) in [5.41, 5.74) is 0. The fourth-order valence-electron chi connectivity index (χ4n) is 9.76. The maximum atomic E-state index is 12.6. The molecular weight excluding hydrogens is 815 g/mol. The van der Waals surface area contributed by atoms with Gasteiger partial charge in [-0.25, -0.2) is 0 Å². The molecule has 0 fully saturated rings. The zero-order chi connectivity index (χ0) is 48.1. The van der Waals surface area contributed by atoms with Crippen molar-refractivity contribution < 1.29 is 25.2 Å². The summed E-state index contributed by atoms with van der Waals surface area (Å²) in [5, 5.41) is 44.1. The van der Waals surface area contributed by atoms with Crippen molar-refractivity contribution in [1.29, 1.82) is 0 Å².